The van der Waals surface area contributed by atoms with Gasteiger partial charge in [0.05, 0.1) is 5.69 Å². The van der Waals surface area contributed by atoms with Gasteiger partial charge >= 0.3 is 16.5 Å². The summed E-state index contributed by atoms with van der Waals surface area (Å²) in [6.07, 6.45) is 5.19. The molecule has 2 nitrogen and oxygen atoms in total. The molecular weight excluding hydrogens is 377 g/mol. The molecule has 2 rings (SSSR count). The maximum atomic E-state index is 12.3. The van der Waals surface area contributed by atoms with Gasteiger partial charge in [0.25, 0.3) is 0 Å². The van der Waals surface area contributed by atoms with Crippen molar-refractivity contribution in [3.63, 3.8) is 0 Å². The quantitative estimate of drug-likeness (QED) is 0.214. The Labute approximate surface area is 176 Å². The van der Waals surface area contributed by atoms with Gasteiger partial charge in [0.15, 0.2) is 5.78 Å². The molecule has 27 heavy (non-hydrogen) atoms. The van der Waals surface area contributed by atoms with E-state index in [1.54, 1.807) is 0 Å². The number of carbonyl (C=O) groups excluding carboxylic acids is 1. The molecule has 0 unspecified atom stereocenters. The molecule has 0 aliphatic heterocycles. The molecule has 0 saturated heterocycles. The number of hydrogen-bond donors (Lipinski definition) is 0. The van der Waals surface area contributed by atoms with Gasteiger partial charge in [-0.25, -0.2) is 0 Å². The van der Waals surface area contributed by atoms with Gasteiger partial charge in [-0.2, -0.15) is 20.3 Å². The van der Waals surface area contributed by atoms with Crippen molar-refractivity contribution in [3.8, 4) is 0 Å². The minimum Gasteiger partial charge on any atom is -0.358 e. The van der Waals surface area contributed by atoms with Crippen molar-refractivity contribution in [2.45, 2.75) is 33.6 Å². The van der Waals surface area contributed by atoms with Crippen LogP contribution in [0.15, 0.2) is 65.7 Å². The summed E-state index contributed by atoms with van der Waals surface area (Å²) in [5.74, 6) is 0.602. The molecule has 3 heteroatoms. The number of nitrogens with zero attached hydrogens (tertiary/aromatic N) is 1. The predicted molar refractivity (Wildman–Crippen MR) is 115 cm³/mol. The van der Waals surface area contributed by atoms with Crippen LogP contribution in [0.1, 0.15) is 44.0 Å². The number of hydrogen-bond acceptors (Lipinski definition) is 2. The van der Waals surface area contributed by atoms with E-state index in [-0.39, 0.29) is 41.5 Å². The maximum Gasteiger partial charge on any atom is 3.00 e. The van der Waals surface area contributed by atoms with Crippen molar-refractivity contribution >= 4 is 17.7 Å². The fraction of sp³-hybridized carbons (Fsp3) is 0.292. The monoisotopic (exact) mass is 408 g/mol. The predicted octanol–water partition coefficient (Wildman–Crippen LogP) is 6.82. The molecule has 0 amide bonds. The maximum absolute atomic E-state index is 12.3. The van der Waals surface area contributed by atoms with Gasteiger partial charge in [-0.05, 0) is 24.0 Å². The molecule has 149 valence electrons. The van der Waals surface area contributed by atoms with Gasteiger partial charge in [0, 0.05) is 18.2 Å². The van der Waals surface area contributed by atoms with Crippen LogP contribution < -0.4 is 0 Å². The van der Waals surface area contributed by atoms with Crippen molar-refractivity contribution in [3.05, 3.63) is 87.0 Å². The van der Waals surface area contributed by atoms with Gasteiger partial charge in [-0.1, -0.05) is 55.5 Å². The first kappa shape index (κ1) is 27.5. The Morgan fingerprint density at radius 1 is 1.07 bits per heavy atom. The molecule has 0 bridgehead atoms. The Balaban J connectivity index is 0. The SMILES string of the molecule is C[CH-]C.[CH2-]C[C@@H](C=Nc1ccccc1)[C@H](C)CC(=O)c1ccccc1.[CH3-].[Ni+3]. The number of para-hydroxylation sites is 1. The fourth-order valence-corrected chi connectivity index (χ4v) is 2.39. The van der Waals surface area contributed by atoms with Crippen molar-refractivity contribution < 1.29 is 21.3 Å². The Bertz CT molecular complexity index is 625. The Hall–Kier alpha value is -1.73. The average molecular weight is 409 g/mol. The van der Waals surface area contributed by atoms with Crippen LogP contribution in [0.5, 0.6) is 0 Å². The van der Waals surface area contributed by atoms with E-state index in [1.807, 2.05) is 87.1 Å². The minimum atomic E-state index is 0. The summed E-state index contributed by atoms with van der Waals surface area (Å²) in [5.41, 5.74) is 1.71. The van der Waals surface area contributed by atoms with Crippen molar-refractivity contribution in [2.75, 3.05) is 0 Å². The number of benzene rings is 2. The molecule has 0 fully saturated rings. The summed E-state index contributed by atoms with van der Waals surface area (Å²) in [7, 11) is 0. The van der Waals surface area contributed by atoms with E-state index in [2.05, 4.69) is 18.8 Å². The van der Waals surface area contributed by atoms with E-state index >= 15 is 0 Å². The number of carbonyl (C=O) groups is 1. The van der Waals surface area contributed by atoms with E-state index in [0.29, 0.717) is 6.42 Å². The molecular formula is C24H32NNiO. The van der Waals surface area contributed by atoms with Gasteiger partial charge in [-0.3, -0.25) is 9.79 Å². The molecule has 0 aromatic heterocycles. The largest absolute Gasteiger partial charge is 3.00 e. The molecule has 2 aromatic rings. The minimum absolute atomic E-state index is 0. The van der Waals surface area contributed by atoms with Crippen molar-refractivity contribution in [1.82, 2.24) is 0 Å². The second kappa shape index (κ2) is 16.4. The molecule has 1 radical (unpaired) electrons. The molecule has 0 spiro atoms. The summed E-state index contributed by atoms with van der Waals surface area (Å²) in [6, 6.07) is 19.3. The second-order valence-corrected chi connectivity index (χ2v) is 6.11. The van der Waals surface area contributed by atoms with Crippen LogP contribution in [-0.4, -0.2) is 12.0 Å². The van der Waals surface area contributed by atoms with Crippen LogP contribution in [0, 0.1) is 32.6 Å². The Kier molecular flexibility index (Phi) is 16.7. The van der Waals surface area contributed by atoms with Gasteiger partial charge < -0.3 is 20.8 Å². The van der Waals surface area contributed by atoms with E-state index in [0.717, 1.165) is 17.7 Å². The zero-order valence-electron chi connectivity index (χ0n) is 16.9. The van der Waals surface area contributed by atoms with E-state index in [9.17, 15) is 4.79 Å². The first-order chi connectivity index (χ1) is 12.1. The smallest absolute Gasteiger partial charge is 0.358 e. The third-order valence-corrected chi connectivity index (χ3v) is 3.84. The normalized spacial score (nSPS) is 12.0. The summed E-state index contributed by atoms with van der Waals surface area (Å²) < 4.78 is 0. The second-order valence-electron chi connectivity index (χ2n) is 6.11. The molecule has 2 atom stereocenters. The Morgan fingerprint density at radius 3 is 2.04 bits per heavy atom. The van der Waals surface area contributed by atoms with Crippen LogP contribution in [-0.2, 0) is 16.5 Å². The molecule has 0 heterocycles. The fourth-order valence-electron chi connectivity index (χ4n) is 2.39. The number of rotatable bonds is 7. The van der Waals surface area contributed by atoms with Gasteiger partial charge in [-0.15, -0.1) is 0 Å². The number of Topliss-reactive ketones (excluding diaryl/α,β-unsaturated/α-hetero) is 1. The van der Waals surface area contributed by atoms with Crippen molar-refractivity contribution in [2.24, 2.45) is 16.8 Å². The molecule has 2 aromatic carbocycles. The summed E-state index contributed by atoms with van der Waals surface area (Å²) >= 11 is 0. The number of ketones is 1. The summed E-state index contributed by atoms with van der Waals surface area (Å²) in [4.78, 5) is 16.8. The molecule has 0 N–H and O–H groups in total. The van der Waals surface area contributed by atoms with E-state index in [1.165, 1.54) is 0 Å². The summed E-state index contributed by atoms with van der Waals surface area (Å²) in [6.45, 7) is 10.1. The third-order valence-electron chi connectivity index (χ3n) is 3.84. The van der Waals surface area contributed by atoms with E-state index < -0.39 is 0 Å². The van der Waals surface area contributed by atoms with Crippen LogP contribution in [0.3, 0.4) is 0 Å². The van der Waals surface area contributed by atoms with E-state index in [4.69, 9.17) is 0 Å². The Morgan fingerprint density at radius 2 is 1.56 bits per heavy atom. The van der Waals surface area contributed by atoms with Crippen LogP contribution in [0.4, 0.5) is 5.69 Å². The molecule has 0 aliphatic rings. The first-order valence-electron chi connectivity index (χ1n) is 8.83. The first-order valence-corrected chi connectivity index (χ1v) is 8.83. The number of aliphatic imine (C=N–C) groups is 1. The standard InChI is InChI=1S/C20H22NO.C3H7.CH3.Ni/c1-3-17(15-21-19-12-8-5-9-13-19)16(2)14-20(22)18-10-6-4-7-11-18;1-3-2;;/h4-13,15-17H,1,3,14H2,2H3;3H,1-2H3;1H3;/q3*-1;+3/t16-,17+;;;/m1.../s1. The molecule has 0 saturated carbocycles. The summed E-state index contributed by atoms with van der Waals surface area (Å²) in [5, 5.41) is 0. The van der Waals surface area contributed by atoms with Crippen LogP contribution in [0.2, 0.25) is 0 Å². The topological polar surface area (TPSA) is 29.4 Å². The van der Waals surface area contributed by atoms with Crippen LogP contribution in [0.25, 0.3) is 0 Å². The van der Waals surface area contributed by atoms with Gasteiger partial charge in [0.2, 0.25) is 0 Å². The van der Waals surface area contributed by atoms with Crippen LogP contribution >= 0.6 is 0 Å². The average Bonchev–Trinajstić information content (AvgIpc) is 2.64. The zero-order chi connectivity index (χ0) is 18.5. The molecule has 0 aliphatic carbocycles. The zero-order valence-corrected chi connectivity index (χ0v) is 17.9. The van der Waals surface area contributed by atoms with Gasteiger partial charge in [0.1, 0.15) is 0 Å². The van der Waals surface area contributed by atoms with Crippen molar-refractivity contribution in [1.29, 1.82) is 0 Å². The third kappa shape index (κ3) is 10.9.